The predicted molar refractivity (Wildman–Crippen MR) is 27.9 cm³/mol. The Bertz CT molecular complexity index is 169. The topological polar surface area (TPSA) is 58.2 Å². The summed E-state index contributed by atoms with van der Waals surface area (Å²) >= 11 is 0. The van der Waals surface area contributed by atoms with Crippen LogP contribution in [0.15, 0.2) is 0 Å². The second kappa shape index (κ2) is 1.26. The fourth-order valence-electron chi connectivity index (χ4n) is 1.08. The van der Waals surface area contributed by atoms with Crippen LogP contribution >= 0.6 is 0 Å². The standard InChI is InChI=1S/C5H6N2O2/c8-4-2-1-3(2)5(9)7-6-4/h2-3H,1H2,(H,6,8)(H,7,9). The Morgan fingerprint density at radius 2 is 1.56 bits per heavy atom. The first-order valence-electron chi connectivity index (χ1n) is 2.89. The second-order valence-corrected chi connectivity index (χ2v) is 2.43. The molecule has 2 unspecified atom stereocenters. The van der Waals surface area contributed by atoms with Gasteiger partial charge in [0.2, 0.25) is 11.8 Å². The molecule has 2 aliphatic rings. The normalized spacial score (nSPS) is 38.7. The number of hydrogen-bond acceptors (Lipinski definition) is 2. The third kappa shape index (κ3) is 0.526. The Labute approximate surface area is 51.6 Å². The molecule has 4 nitrogen and oxygen atoms in total. The van der Waals surface area contributed by atoms with Crippen LogP contribution in [0.2, 0.25) is 0 Å². The monoisotopic (exact) mass is 126 g/mol. The zero-order valence-corrected chi connectivity index (χ0v) is 4.68. The van der Waals surface area contributed by atoms with Crippen LogP contribution in [-0.2, 0) is 9.59 Å². The zero-order valence-electron chi connectivity index (χ0n) is 4.68. The van der Waals surface area contributed by atoms with Gasteiger partial charge in [-0.2, -0.15) is 0 Å². The predicted octanol–water partition coefficient (Wildman–Crippen LogP) is -1.22. The van der Waals surface area contributed by atoms with E-state index >= 15 is 0 Å². The van der Waals surface area contributed by atoms with Gasteiger partial charge in [-0.05, 0) is 6.42 Å². The van der Waals surface area contributed by atoms with E-state index in [1.54, 1.807) is 0 Å². The Morgan fingerprint density at radius 1 is 1.11 bits per heavy atom. The van der Waals surface area contributed by atoms with E-state index in [1.807, 2.05) is 0 Å². The summed E-state index contributed by atoms with van der Waals surface area (Å²) in [5.74, 6) is -0.114. The maximum atomic E-state index is 10.7. The van der Waals surface area contributed by atoms with E-state index < -0.39 is 0 Å². The van der Waals surface area contributed by atoms with Crippen molar-refractivity contribution in [3.05, 3.63) is 0 Å². The molecule has 2 amide bonds. The molecule has 1 saturated heterocycles. The lowest BCUT2D eigenvalue weighted by atomic mass is 10.2. The number of carbonyl (C=O) groups excluding carboxylic acids is 2. The van der Waals surface area contributed by atoms with Gasteiger partial charge in [0.15, 0.2) is 0 Å². The Morgan fingerprint density at radius 3 is 2.00 bits per heavy atom. The average molecular weight is 126 g/mol. The van der Waals surface area contributed by atoms with E-state index in [2.05, 4.69) is 10.9 Å². The van der Waals surface area contributed by atoms with E-state index in [4.69, 9.17) is 0 Å². The fraction of sp³-hybridized carbons (Fsp3) is 0.600. The summed E-state index contributed by atoms with van der Waals surface area (Å²) in [5.41, 5.74) is 4.57. The van der Waals surface area contributed by atoms with Crippen LogP contribution < -0.4 is 10.9 Å². The second-order valence-electron chi connectivity index (χ2n) is 2.43. The zero-order chi connectivity index (χ0) is 6.43. The Balaban J connectivity index is 2.17. The van der Waals surface area contributed by atoms with Crippen molar-refractivity contribution in [1.29, 1.82) is 0 Å². The Hall–Kier alpha value is -1.06. The number of hydrogen-bond donors (Lipinski definition) is 2. The summed E-state index contributed by atoms with van der Waals surface area (Å²) < 4.78 is 0. The lowest BCUT2D eigenvalue weighted by Gasteiger charge is -2.10. The van der Waals surface area contributed by atoms with Gasteiger partial charge in [0.25, 0.3) is 0 Å². The molecule has 2 atom stereocenters. The summed E-state index contributed by atoms with van der Waals surface area (Å²) in [6.45, 7) is 0. The van der Waals surface area contributed by atoms with Crippen molar-refractivity contribution >= 4 is 11.8 Å². The van der Waals surface area contributed by atoms with Gasteiger partial charge in [0.05, 0.1) is 11.8 Å². The minimum absolute atomic E-state index is 0.0150. The molecule has 2 rings (SSSR count). The molecule has 0 bridgehead atoms. The molecule has 0 spiro atoms. The summed E-state index contributed by atoms with van der Waals surface area (Å²) in [5, 5.41) is 0. The number of nitrogens with one attached hydrogen (secondary N) is 2. The van der Waals surface area contributed by atoms with Crippen molar-refractivity contribution in [2.24, 2.45) is 11.8 Å². The molecule has 0 radical (unpaired) electrons. The first-order valence-corrected chi connectivity index (χ1v) is 2.89. The highest BCUT2D eigenvalue weighted by atomic mass is 16.2. The van der Waals surface area contributed by atoms with Crippen molar-refractivity contribution in [1.82, 2.24) is 10.9 Å². The van der Waals surface area contributed by atoms with Gasteiger partial charge in [-0.3, -0.25) is 20.4 Å². The van der Waals surface area contributed by atoms with E-state index in [1.165, 1.54) is 0 Å². The highest BCUT2D eigenvalue weighted by molar-refractivity contribution is 5.97. The molecule has 48 valence electrons. The van der Waals surface area contributed by atoms with E-state index in [9.17, 15) is 9.59 Å². The third-order valence-corrected chi connectivity index (χ3v) is 1.77. The van der Waals surface area contributed by atoms with Crippen LogP contribution in [0.3, 0.4) is 0 Å². The fourth-order valence-corrected chi connectivity index (χ4v) is 1.08. The van der Waals surface area contributed by atoms with Crippen LogP contribution in [0.5, 0.6) is 0 Å². The van der Waals surface area contributed by atoms with Crippen LogP contribution in [0, 0.1) is 11.8 Å². The molecule has 1 saturated carbocycles. The Kier molecular flexibility index (Phi) is 0.670. The van der Waals surface area contributed by atoms with Gasteiger partial charge in [0, 0.05) is 0 Å². The number of fused-ring (bicyclic) bond motifs is 1. The van der Waals surface area contributed by atoms with E-state index in [-0.39, 0.29) is 23.7 Å². The van der Waals surface area contributed by atoms with E-state index in [0.717, 1.165) is 6.42 Å². The SMILES string of the molecule is O=C1NNC(=O)C2CC12. The molecule has 2 N–H and O–H groups in total. The summed E-state index contributed by atoms with van der Waals surface area (Å²) in [7, 11) is 0. The quantitative estimate of drug-likeness (QED) is 0.427. The lowest BCUT2D eigenvalue weighted by Crippen LogP contribution is -2.47. The van der Waals surface area contributed by atoms with Crippen LogP contribution in [0.1, 0.15) is 6.42 Å². The minimum Gasteiger partial charge on any atom is -0.273 e. The van der Waals surface area contributed by atoms with Crippen LogP contribution in [-0.4, -0.2) is 11.8 Å². The van der Waals surface area contributed by atoms with Crippen molar-refractivity contribution < 1.29 is 9.59 Å². The average Bonchev–Trinajstić information content (AvgIpc) is 2.57. The van der Waals surface area contributed by atoms with Gasteiger partial charge in [-0.1, -0.05) is 0 Å². The largest absolute Gasteiger partial charge is 0.273 e. The van der Waals surface area contributed by atoms with Crippen molar-refractivity contribution in [2.45, 2.75) is 6.42 Å². The highest BCUT2D eigenvalue weighted by Gasteiger charge is 2.51. The molecule has 1 aliphatic heterocycles. The summed E-state index contributed by atoms with van der Waals surface area (Å²) in [4.78, 5) is 21.3. The van der Waals surface area contributed by atoms with Crippen molar-refractivity contribution in [3.63, 3.8) is 0 Å². The maximum Gasteiger partial charge on any atom is 0.242 e. The first-order chi connectivity index (χ1) is 4.29. The minimum atomic E-state index is -0.0420. The lowest BCUT2D eigenvalue weighted by molar-refractivity contribution is -0.134. The number of hydrazine groups is 1. The smallest absolute Gasteiger partial charge is 0.242 e. The van der Waals surface area contributed by atoms with Gasteiger partial charge < -0.3 is 0 Å². The van der Waals surface area contributed by atoms with Crippen LogP contribution in [0.25, 0.3) is 0 Å². The first kappa shape index (κ1) is 4.78. The van der Waals surface area contributed by atoms with Gasteiger partial charge in [-0.15, -0.1) is 0 Å². The molecule has 1 aliphatic carbocycles. The molecular formula is C5H6N2O2. The number of rotatable bonds is 0. The van der Waals surface area contributed by atoms with Gasteiger partial charge in [0.1, 0.15) is 0 Å². The molecule has 1 heterocycles. The van der Waals surface area contributed by atoms with Gasteiger partial charge >= 0.3 is 0 Å². The molecule has 0 aromatic heterocycles. The molecule has 4 heteroatoms. The molecule has 9 heavy (non-hydrogen) atoms. The number of amides is 2. The van der Waals surface area contributed by atoms with Crippen molar-refractivity contribution in [3.8, 4) is 0 Å². The third-order valence-electron chi connectivity index (χ3n) is 1.77. The molecular weight excluding hydrogens is 120 g/mol. The summed E-state index contributed by atoms with van der Waals surface area (Å²) in [6.07, 6.45) is 0.734. The van der Waals surface area contributed by atoms with Crippen molar-refractivity contribution in [2.75, 3.05) is 0 Å². The highest BCUT2D eigenvalue weighted by Crippen LogP contribution is 2.39. The molecule has 0 aromatic carbocycles. The summed E-state index contributed by atoms with van der Waals surface area (Å²) in [6, 6.07) is 0. The maximum absolute atomic E-state index is 10.7. The van der Waals surface area contributed by atoms with Crippen LogP contribution in [0.4, 0.5) is 0 Å². The van der Waals surface area contributed by atoms with Gasteiger partial charge in [-0.25, -0.2) is 0 Å². The molecule has 0 aromatic rings. The van der Waals surface area contributed by atoms with E-state index in [0.29, 0.717) is 0 Å². The number of carbonyl (C=O) groups is 2. The molecule has 2 fully saturated rings.